The zero-order valence-electron chi connectivity index (χ0n) is 9.99. The summed E-state index contributed by atoms with van der Waals surface area (Å²) in [7, 11) is 0. The highest BCUT2D eigenvalue weighted by Gasteiger charge is 2.32. The number of hydrogen-bond donors (Lipinski definition) is 2. The maximum absolute atomic E-state index is 12.4. The van der Waals surface area contributed by atoms with Crippen LogP contribution in [0.3, 0.4) is 0 Å². The number of nitrogens with zero attached hydrogens (tertiary/aromatic N) is 1. The van der Waals surface area contributed by atoms with Crippen molar-refractivity contribution in [3.8, 4) is 0 Å². The van der Waals surface area contributed by atoms with Gasteiger partial charge in [0.25, 0.3) is 0 Å². The molecule has 1 aromatic rings. The Kier molecular flexibility index (Phi) is 5.23. The summed E-state index contributed by atoms with van der Waals surface area (Å²) in [6.45, 7) is 1.43. The van der Waals surface area contributed by atoms with Crippen molar-refractivity contribution in [2.24, 2.45) is 5.73 Å². The van der Waals surface area contributed by atoms with Crippen LogP contribution in [-0.2, 0) is 11.0 Å². The number of alkyl halides is 3. The quantitative estimate of drug-likeness (QED) is 0.835. The summed E-state index contributed by atoms with van der Waals surface area (Å²) >= 11 is 6.49. The molecule has 0 unspecified atom stereocenters. The third kappa shape index (κ3) is 4.57. The number of hydrogen-bond acceptors (Lipinski definition) is 4. The Hall–Kier alpha value is -1.48. The second-order valence-corrected chi connectivity index (χ2v) is 5.36. The fourth-order valence-electron chi connectivity index (χ4n) is 1.11. The van der Waals surface area contributed by atoms with E-state index in [4.69, 9.17) is 17.3 Å². The lowest BCUT2D eigenvalue weighted by molar-refractivity contribution is -0.137. The summed E-state index contributed by atoms with van der Waals surface area (Å²) in [6, 6.07) is -0.302. The molecule has 0 fully saturated rings. The van der Waals surface area contributed by atoms with Crippen molar-refractivity contribution < 1.29 is 22.8 Å². The zero-order chi connectivity index (χ0) is 15.5. The number of carbonyl (C=O) groups is 2. The van der Waals surface area contributed by atoms with Crippen molar-refractivity contribution in [2.75, 3.05) is 0 Å². The molecule has 20 heavy (non-hydrogen) atoms. The lowest BCUT2D eigenvalue weighted by Crippen LogP contribution is -2.39. The first-order chi connectivity index (χ1) is 9.11. The number of imide groups is 1. The number of nitrogens with one attached hydrogen (secondary N) is 1. The molecule has 0 aliphatic carbocycles. The molecule has 3 amide bonds. The lowest BCUT2D eigenvalue weighted by Gasteiger charge is -2.12. The number of primary amides is 1. The van der Waals surface area contributed by atoms with E-state index in [1.807, 2.05) is 5.32 Å². The standard InChI is InChI=1S/C10H9ClF3N3O2S/c1-4(7(18)17-9(15)19)20-8-6(11)2-5(3-16-8)10(12,13)14/h2-4H,1H3,(H3,15,17,18,19)/t4-/m1/s1. The Morgan fingerprint density at radius 1 is 1.50 bits per heavy atom. The van der Waals surface area contributed by atoms with Gasteiger partial charge in [-0.3, -0.25) is 10.1 Å². The zero-order valence-corrected chi connectivity index (χ0v) is 11.6. The van der Waals surface area contributed by atoms with Crippen molar-refractivity contribution in [2.45, 2.75) is 23.4 Å². The van der Waals surface area contributed by atoms with E-state index in [0.29, 0.717) is 6.20 Å². The Morgan fingerprint density at radius 2 is 2.10 bits per heavy atom. The Balaban J connectivity index is 2.84. The van der Waals surface area contributed by atoms with Crippen molar-refractivity contribution in [1.29, 1.82) is 0 Å². The highest BCUT2D eigenvalue weighted by molar-refractivity contribution is 8.00. The molecule has 0 aromatic carbocycles. The van der Waals surface area contributed by atoms with Crippen LogP contribution in [0.5, 0.6) is 0 Å². The van der Waals surface area contributed by atoms with Gasteiger partial charge in [-0.15, -0.1) is 0 Å². The average Bonchev–Trinajstić information content (AvgIpc) is 2.29. The van der Waals surface area contributed by atoms with Gasteiger partial charge < -0.3 is 5.73 Å². The van der Waals surface area contributed by atoms with Gasteiger partial charge in [0.2, 0.25) is 5.91 Å². The first-order valence-corrected chi connectivity index (χ1v) is 6.36. The number of rotatable bonds is 3. The largest absolute Gasteiger partial charge is 0.417 e. The maximum Gasteiger partial charge on any atom is 0.417 e. The normalized spacial score (nSPS) is 12.8. The Morgan fingerprint density at radius 3 is 2.55 bits per heavy atom. The molecular weight excluding hydrogens is 319 g/mol. The molecule has 0 aliphatic rings. The van der Waals surface area contributed by atoms with E-state index in [2.05, 4.69) is 4.98 Å². The second kappa shape index (κ2) is 6.31. The molecule has 5 nitrogen and oxygen atoms in total. The van der Waals surface area contributed by atoms with Gasteiger partial charge in [0.1, 0.15) is 5.03 Å². The minimum atomic E-state index is -4.55. The molecule has 10 heteroatoms. The molecule has 0 radical (unpaired) electrons. The molecule has 0 saturated heterocycles. The van der Waals surface area contributed by atoms with Crippen LogP contribution in [-0.4, -0.2) is 22.2 Å². The van der Waals surface area contributed by atoms with Crippen LogP contribution in [0.4, 0.5) is 18.0 Å². The van der Waals surface area contributed by atoms with Gasteiger partial charge in [0.15, 0.2) is 0 Å². The smallest absolute Gasteiger partial charge is 0.351 e. The Labute approximate surface area is 121 Å². The van der Waals surface area contributed by atoms with E-state index in [1.165, 1.54) is 6.92 Å². The van der Waals surface area contributed by atoms with Crippen LogP contribution >= 0.6 is 23.4 Å². The van der Waals surface area contributed by atoms with E-state index in [0.717, 1.165) is 17.8 Å². The van der Waals surface area contributed by atoms with Crippen molar-refractivity contribution in [3.05, 3.63) is 22.8 Å². The minimum Gasteiger partial charge on any atom is -0.351 e. The fraction of sp³-hybridized carbons (Fsp3) is 0.300. The molecule has 0 saturated carbocycles. The first kappa shape index (κ1) is 16.6. The van der Waals surface area contributed by atoms with E-state index in [1.54, 1.807) is 0 Å². The number of nitrogens with two attached hydrogens (primary N) is 1. The predicted octanol–water partition coefficient (Wildman–Crippen LogP) is 2.43. The van der Waals surface area contributed by atoms with Crippen LogP contribution in [0.25, 0.3) is 0 Å². The molecule has 1 aromatic heterocycles. The first-order valence-electron chi connectivity index (χ1n) is 5.11. The maximum atomic E-state index is 12.4. The molecule has 0 bridgehead atoms. The molecular formula is C10H9ClF3N3O2S. The lowest BCUT2D eigenvalue weighted by atomic mass is 10.3. The highest BCUT2D eigenvalue weighted by atomic mass is 35.5. The van der Waals surface area contributed by atoms with Crippen LogP contribution in [0, 0.1) is 0 Å². The number of amides is 3. The summed E-state index contributed by atoms with van der Waals surface area (Å²) in [6.07, 6.45) is -3.93. The van der Waals surface area contributed by atoms with E-state index in [-0.39, 0.29) is 10.0 Å². The van der Waals surface area contributed by atoms with Gasteiger partial charge >= 0.3 is 12.2 Å². The van der Waals surface area contributed by atoms with Crippen molar-refractivity contribution >= 4 is 35.3 Å². The van der Waals surface area contributed by atoms with Crippen molar-refractivity contribution in [1.82, 2.24) is 10.3 Å². The van der Waals surface area contributed by atoms with Crippen molar-refractivity contribution in [3.63, 3.8) is 0 Å². The summed E-state index contributed by atoms with van der Waals surface area (Å²) in [5.41, 5.74) is 3.79. The SMILES string of the molecule is C[C@@H](Sc1ncc(C(F)(F)F)cc1Cl)C(=O)NC(N)=O. The van der Waals surface area contributed by atoms with Gasteiger partial charge in [-0.05, 0) is 13.0 Å². The van der Waals surface area contributed by atoms with E-state index in [9.17, 15) is 22.8 Å². The van der Waals surface area contributed by atoms with E-state index >= 15 is 0 Å². The Bertz CT molecular complexity index is 539. The van der Waals surface area contributed by atoms with Gasteiger partial charge in [-0.1, -0.05) is 23.4 Å². The molecule has 0 aliphatic heterocycles. The monoisotopic (exact) mass is 327 g/mol. The van der Waals surface area contributed by atoms with Gasteiger partial charge in [0, 0.05) is 6.20 Å². The predicted molar refractivity (Wildman–Crippen MR) is 67.3 cm³/mol. The number of thioether (sulfide) groups is 1. The minimum absolute atomic E-state index is 0.0480. The summed E-state index contributed by atoms with van der Waals surface area (Å²) < 4.78 is 37.2. The molecule has 1 atom stereocenters. The van der Waals surface area contributed by atoms with Crippen LogP contribution in [0.15, 0.2) is 17.3 Å². The third-order valence-corrected chi connectivity index (χ3v) is 3.56. The molecule has 1 heterocycles. The van der Waals surface area contributed by atoms with Crippen LogP contribution < -0.4 is 11.1 Å². The average molecular weight is 328 g/mol. The number of aromatic nitrogens is 1. The van der Waals surface area contributed by atoms with Gasteiger partial charge in [-0.25, -0.2) is 9.78 Å². The van der Waals surface area contributed by atoms with E-state index < -0.39 is 28.9 Å². The number of urea groups is 1. The molecule has 3 N–H and O–H groups in total. The highest BCUT2D eigenvalue weighted by Crippen LogP contribution is 2.34. The topological polar surface area (TPSA) is 85.1 Å². The summed E-state index contributed by atoms with van der Waals surface area (Å²) in [5, 5.41) is 0.860. The molecule has 110 valence electrons. The fourth-order valence-corrected chi connectivity index (χ4v) is 2.20. The van der Waals surface area contributed by atoms with Gasteiger partial charge in [0.05, 0.1) is 15.8 Å². The number of carbonyl (C=O) groups excluding carboxylic acids is 2. The van der Waals surface area contributed by atoms with Crippen LogP contribution in [0.1, 0.15) is 12.5 Å². The number of pyridine rings is 1. The third-order valence-electron chi connectivity index (χ3n) is 2.04. The number of halogens is 4. The van der Waals surface area contributed by atoms with Gasteiger partial charge in [-0.2, -0.15) is 13.2 Å². The molecule has 0 spiro atoms. The summed E-state index contributed by atoms with van der Waals surface area (Å²) in [4.78, 5) is 25.5. The summed E-state index contributed by atoms with van der Waals surface area (Å²) in [5.74, 6) is -0.694. The van der Waals surface area contributed by atoms with Crippen LogP contribution in [0.2, 0.25) is 5.02 Å². The molecule has 1 rings (SSSR count). The second-order valence-electron chi connectivity index (χ2n) is 3.62.